The lowest BCUT2D eigenvalue weighted by molar-refractivity contribution is -0.870. The zero-order valence-corrected chi connectivity index (χ0v) is 39.1. The van der Waals surface area contributed by atoms with Crippen LogP contribution in [-0.2, 0) is 18.4 Å². The van der Waals surface area contributed by atoms with Crippen LogP contribution in [0.3, 0.4) is 0 Å². The number of rotatable bonds is 40. The van der Waals surface area contributed by atoms with E-state index in [2.05, 4.69) is 104 Å². The average molecular weight is 843 g/mol. The van der Waals surface area contributed by atoms with Crippen LogP contribution in [0.15, 0.2) is 97.2 Å². The van der Waals surface area contributed by atoms with Crippen LogP contribution in [0.25, 0.3) is 0 Å². The molecule has 2 N–H and O–H groups in total. The van der Waals surface area contributed by atoms with E-state index in [9.17, 15) is 19.4 Å². The number of amides is 1. The van der Waals surface area contributed by atoms with Crippen molar-refractivity contribution in [2.24, 2.45) is 0 Å². The molecule has 0 saturated carbocycles. The molecule has 0 aromatic heterocycles. The number of hydrogen-bond acceptors (Lipinski definition) is 6. The summed E-state index contributed by atoms with van der Waals surface area (Å²) in [6.07, 6.45) is 57.6. The Bertz CT molecular complexity index is 1280. The molecule has 59 heavy (non-hydrogen) atoms. The molecule has 0 aliphatic carbocycles. The van der Waals surface area contributed by atoms with Crippen LogP contribution < -0.4 is 10.2 Å². The predicted molar refractivity (Wildman–Crippen MR) is 251 cm³/mol. The summed E-state index contributed by atoms with van der Waals surface area (Å²) in [5.74, 6) is -0.223. The first-order chi connectivity index (χ1) is 28.5. The standard InChI is InChI=1S/C50H87N2O6P/c1-6-8-10-12-14-16-18-19-20-21-22-23-24-25-26-27-28-29-30-31-32-33-34-36-38-40-42-44-50(54)51-48(47-58-59(55,56)57-46-45-52(3,4)5)49(53)43-41-39-37-35-17-15-13-11-9-7-2/h8-11,14,16-17,19-20,22-23,25-26,35,41,43,48-49,53H,6-7,12-13,15,18,21,24,27-34,36-40,42,44-47H2,1-5H3,(H-,51,54,55,56)/b10-8-,11-9+,16-14-,20-19-,23-22-,26-25-,35-17+,43-41+. The van der Waals surface area contributed by atoms with E-state index in [0.717, 1.165) is 83.5 Å². The third-order valence-corrected chi connectivity index (χ3v) is 10.5. The fraction of sp³-hybridized carbons (Fsp3) is 0.660. The van der Waals surface area contributed by atoms with Crippen LogP contribution in [0.5, 0.6) is 0 Å². The van der Waals surface area contributed by atoms with Gasteiger partial charge in [-0.1, -0.05) is 169 Å². The largest absolute Gasteiger partial charge is 0.756 e. The van der Waals surface area contributed by atoms with Gasteiger partial charge in [0.25, 0.3) is 7.82 Å². The summed E-state index contributed by atoms with van der Waals surface area (Å²) in [6.45, 7) is 4.35. The molecule has 0 fully saturated rings. The maximum Gasteiger partial charge on any atom is 0.268 e. The Labute approximate surface area is 362 Å². The van der Waals surface area contributed by atoms with Gasteiger partial charge in [-0.25, -0.2) is 0 Å². The Hall–Kier alpha value is -2.58. The average Bonchev–Trinajstić information content (AvgIpc) is 3.19. The van der Waals surface area contributed by atoms with Gasteiger partial charge in [0.2, 0.25) is 5.91 Å². The van der Waals surface area contributed by atoms with Gasteiger partial charge in [-0.3, -0.25) is 9.36 Å². The molecule has 1 amide bonds. The second-order valence-corrected chi connectivity index (χ2v) is 17.7. The predicted octanol–water partition coefficient (Wildman–Crippen LogP) is 12.5. The maximum absolute atomic E-state index is 12.8. The monoisotopic (exact) mass is 843 g/mol. The Morgan fingerprint density at radius 1 is 0.593 bits per heavy atom. The number of aliphatic hydroxyl groups excluding tert-OH is 1. The van der Waals surface area contributed by atoms with Gasteiger partial charge in [0.15, 0.2) is 0 Å². The van der Waals surface area contributed by atoms with Crippen molar-refractivity contribution in [1.29, 1.82) is 0 Å². The van der Waals surface area contributed by atoms with Crippen molar-refractivity contribution in [2.45, 2.75) is 174 Å². The minimum absolute atomic E-state index is 0.0147. The van der Waals surface area contributed by atoms with Gasteiger partial charge in [-0.15, -0.1) is 0 Å². The molecule has 9 heteroatoms. The van der Waals surface area contributed by atoms with Gasteiger partial charge in [0, 0.05) is 6.42 Å². The van der Waals surface area contributed by atoms with Crippen molar-refractivity contribution < 1.29 is 32.9 Å². The molecule has 8 nitrogen and oxygen atoms in total. The number of allylic oxidation sites excluding steroid dienone is 15. The number of likely N-dealkylation sites (N-methyl/N-ethyl adjacent to an activating group) is 1. The van der Waals surface area contributed by atoms with Crippen molar-refractivity contribution in [1.82, 2.24) is 5.32 Å². The molecular formula is C50H87N2O6P. The molecule has 0 aliphatic rings. The minimum atomic E-state index is -4.60. The van der Waals surface area contributed by atoms with Gasteiger partial charge in [-0.05, 0) is 83.5 Å². The van der Waals surface area contributed by atoms with Gasteiger partial charge in [0.05, 0.1) is 39.9 Å². The molecule has 0 bridgehead atoms. The van der Waals surface area contributed by atoms with Crippen LogP contribution in [0, 0.1) is 0 Å². The Morgan fingerprint density at radius 2 is 1.00 bits per heavy atom. The van der Waals surface area contributed by atoms with Crippen LogP contribution >= 0.6 is 7.82 Å². The van der Waals surface area contributed by atoms with Gasteiger partial charge >= 0.3 is 0 Å². The van der Waals surface area contributed by atoms with E-state index in [1.54, 1.807) is 6.08 Å². The summed E-state index contributed by atoms with van der Waals surface area (Å²) in [5, 5.41) is 13.7. The number of carbonyl (C=O) groups is 1. The first-order valence-corrected chi connectivity index (χ1v) is 24.6. The fourth-order valence-corrected chi connectivity index (χ4v) is 6.65. The molecule has 0 saturated heterocycles. The summed E-state index contributed by atoms with van der Waals surface area (Å²) < 4.78 is 23.1. The highest BCUT2D eigenvalue weighted by Gasteiger charge is 2.23. The molecule has 0 rings (SSSR count). The van der Waals surface area contributed by atoms with E-state index in [0.29, 0.717) is 17.4 Å². The lowest BCUT2D eigenvalue weighted by Crippen LogP contribution is -2.45. The number of nitrogens with one attached hydrogen (secondary N) is 1. The summed E-state index contributed by atoms with van der Waals surface area (Å²) >= 11 is 0. The number of unbranched alkanes of at least 4 members (excludes halogenated alkanes) is 13. The number of nitrogens with zero attached hydrogens (tertiary/aromatic N) is 1. The highest BCUT2D eigenvalue weighted by atomic mass is 31.2. The summed E-state index contributed by atoms with van der Waals surface area (Å²) in [5.41, 5.74) is 0. The summed E-state index contributed by atoms with van der Waals surface area (Å²) in [6, 6.07) is -0.915. The van der Waals surface area contributed by atoms with Gasteiger partial charge < -0.3 is 28.8 Å². The van der Waals surface area contributed by atoms with Crippen molar-refractivity contribution in [2.75, 3.05) is 40.9 Å². The lowest BCUT2D eigenvalue weighted by atomic mass is 10.0. The van der Waals surface area contributed by atoms with Crippen LogP contribution in [0.2, 0.25) is 0 Å². The van der Waals surface area contributed by atoms with E-state index < -0.39 is 26.6 Å². The van der Waals surface area contributed by atoms with E-state index in [4.69, 9.17) is 9.05 Å². The van der Waals surface area contributed by atoms with Crippen molar-refractivity contribution in [3.8, 4) is 0 Å². The second-order valence-electron chi connectivity index (χ2n) is 16.3. The SMILES string of the molecule is CC/C=C\C/C=C\C/C=C\C/C=C\C/C=C\CCCCCCCCCCCCCC(=O)NC(COP(=O)([O-])OCC[N+](C)(C)C)C(O)/C=C/CC/C=C/CC/C=C/CC. The summed E-state index contributed by atoms with van der Waals surface area (Å²) in [7, 11) is 1.21. The zero-order chi connectivity index (χ0) is 43.6. The molecule has 0 spiro atoms. The third kappa shape index (κ3) is 43.3. The number of phosphoric ester groups is 1. The maximum atomic E-state index is 12.8. The molecule has 3 unspecified atom stereocenters. The Morgan fingerprint density at radius 3 is 1.51 bits per heavy atom. The first kappa shape index (κ1) is 56.4. The van der Waals surface area contributed by atoms with Crippen LogP contribution in [0.1, 0.15) is 162 Å². The topological polar surface area (TPSA) is 108 Å². The van der Waals surface area contributed by atoms with E-state index in [1.165, 1.54) is 57.8 Å². The van der Waals surface area contributed by atoms with E-state index in [-0.39, 0.29) is 12.5 Å². The molecule has 0 heterocycles. The van der Waals surface area contributed by atoms with Gasteiger partial charge in [-0.2, -0.15) is 0 Å². The minimum Gasteiger partial charge on any atom is -0.756 e. The van der Waals surface area contributed by atoms with Crippen molar-refractivity contribution in [3.05, 3.63) is 97.2 Å². The van der Waals surface area contributed by atoms with Gasteiger partial charge in [0.1, 0.15) is 13.2 Å². The van der Waals surface area contributed by atoms with Crippen molar-refractivity contribution in [3.63, 3.8) is 0 Å². The molecule has 0 aromatic rings. The molecule has 3 atom stereocenters. The van der Waals surface area contributed by atoms with Crippen LogP contribution in [0.4, 0.5) is 0 Å². The Kier molecular flexibility index (Phi) is 39.0. The quantitative estimate of drug-likeness (QED) is 0.0275. The fourth-order valence-electron chi connectivity index (χ4n) is 5.92. The number of aliphatic hydroxyl groups is 1. The lowest BCUT2D eigenvalue weighted by Gasteiger charge is -2.29. The molecule has 0 radical (unpaired) electrons. The highest BCUT2D eigenvalue weighted by molar-refractivity contribution is 7.45. The molecular weight excluding hydrogens is 756 g/mol. The first-order valence-electron chi connectivity index (χ1n) is 23.1. The third-order valence-electron chi connectivity index (χ3n) is 9.52. The Balaban J connectivity index is 4.23. The second kappa shape index (κ2) is 40.8. The van der Waals surface area contributed by atoms with Crippen LogP contribution in [-0.4, -0.2) is 68.5 Å². The number of hydrogen-bond donors (Lipinski definition) is 2. The van der Waals surface area contributed by atoms with Crippen molar-refractivity contribution >= 4 is 13.7 Å². The molecule has 338 valence electrons. The smallest absolute Gasteiger partial charge is 0.268 e. The van der Waals surface area contributed by atoms with E-state index in [1.807, 2.05) is 27.2 Å². The highest BCUT2D eigenvalue weighted by Crippen LogP contribution is 2.38. The van der Waals surface area contributed by atoms with E-state index >= 15 is 0 Å². The number of quaternary nitrogens is 1. The normalized spacial score (nSPS) is 15.2. The number of phosphoric acid groups is 1. The number of carbonyl (C=O) groups excluding carboxylic acids is 1. The summed E-state index contributed by atoms with van der Waals surface area (Å²) in [4.78, 5) is 25.3. The molecule has 0 aliphatic heterocycles. The zero-order valence-electron chi connectivity index (χ0n) is 38.2. The molecule has 0 aromatic carbocycles.